The average molecular weight is 531 g/mol. The topological polar surface area (TPSA) is 53.4 Å². The van der Waals surface area contributed by atoms with E-state index in [1.807, 2.05) is 65.8 Å². The van der Waals surface area contributed by atoms with Gasteiger partial charge in [0.15, 0.2) is 0 Å². The Kier molecular flexibility index (Phi) is 22.0. The Bertz CT molecular complexity index is 700. The Morgan fingerprint density at radius 3 is 0.921 bits per heavy atom. The van der Waals surface area contributed by atoms with Crippen molar-refractivity contribution in [1.29, 1.82) is 0 Å². The van der Waals surface area contributed by atoms with E-state index >= 15 is 0 Å². The van der Waals surface area contributed by atoms with Crippen molar-refractivity contribution in [1.82, 2.24) is 19.6 Å². The molecule has 0 spiro atoms. The van der Waals surface area contributed by atoms with Crippen molar-refractivity contribution in [3.63, 3.8) is 0 Å². The fourth-order valence-corrected chi connectivity index (χ4v) is 4.03. The van der Waals surface area contributed by atoms with Crippen LogP contribution in [0, 0.1) is 0 Å². The minimum atomic E-state index is 0.134. The van der Waals surface area contributed by atoms with Gasteiger partial charge in [-0.15, -0.1) is 0 Å². The second-order valence-corrected chi connectivity index (χ2v) is 9.11. The minimum Gasteiger partial charge on any atom is -0.392 e. The first-order chi connectivity index (χ1) is 18.6. The molecule has 2 aliphatic heterocycles. The van der Waals surface area contributed by atoms with Crippen molar-refractivity contribution in [2.24, 2.45) is 0 Å². The van der Waals surface area contributed by atoms with Gasteiger partial charge < -0.3 is 20.0 Å². The number of likely N-dealkylation sites (N-methyl/N-ethyl adjacent to an activating group) is 2. The van der Waals surface area contributed by atoms with E-state index in [1.165, 1.54) is 11.1 Å². The molecule has 0 aliphatic carbocycles. The highest BCUT2D eigenvalue weighted by Crippen LogP contribution is 2.10. The summed E-state index contributed by atoms with van der Waals surface area (Å²) in [7, 11) is 4.35. The van der Waals surface area contributed by atoms with Crippen LogP contribution in [0.3, 0.4) is 0 Å². The van der Waals surface area contributed by atoms with E-state index in [-0.39, 0.29) is 13.2 Å². The van der Waals surface area contributed by atoms with Crippen LogP contribution >= 0.6 is 0 Å². The highest BCUT2D eigenvalue weighted by Gasteiger charge is 2.14. The fourth-order valence-electron chi connectivity index (χ4n) is 4.03. The number of hydrogen-bond acceptors (Lipinski definition) is 6. The molecule has 4 rings (SSSR count). The normalized spacial score (nSPS) is 16.4. The van der Waals surface area contributed by atoms with Crippen LogP contribution in [0.25, 0.3) is 0 Å². The van der Waals surface area contributed by atoms with Gasteiger partial charge in [-0.25, -0.2) is 0 Å². The lowest BCUT2D eigenvalue weighted by atomic mass is 10.1. The van der Waals surface area contributed by atoms with Crippen LogP contribution in [-0.4, -0.2) is 96.3 Å². The van der Waals surface area contributed by atoms with Crippen LogP contribution in [0.1, 0.15) is 63.8 Å². The zero-order chi connectivity index (χ0) is 28.8. The van der Waals surface area contributed by atoms with Gasteiger partial charge in [0.2, 0.25) is 0 Å². The summed E-state index contributed by atoms with van der Waals surface area (Å²) in [4.78, 5) is 9.69. The van der Waals surface area contributed by atoms with E-state index in [0.717, 1.165) is 76.6 Å². The zero-order valence-electron chi connectivity index (χ0n) is 25.8. The molecule has 6 heteroatoms. The van der Waals surface area contributed by atoms with Crippen molar-refractivity contribution in [3.8, 4) is 0 Å². The molecule has 2 aromatic rings. The van der Waals surface area contributed by atoms with Crippen molar-refractivity contribution < 1.29 is 10.2 Å². The molecule has 0 bridgehead atoms. The molecule has 2 aliphatic rings. The van der Waals surface area contributed by atoms with E-state index in [2.05, 4.69) is 58.0 Å². The number of aliphatic hydroxyl groups is 2. The quantitative estimate of drug-likeness (QED) is 0.552. The molecule has 0 amide bonds. The second kappa shape index (κ2) is 23.1. The number of rotatable bonds is 6. The fraction of sp³-hybridized carbons (Fsp3) is 0.625. The van der Waals surface area contributed by atoms with Gasteiger partial charge in [-0.2, -0.15) is 0 Å². The molecule has 2 saturated heterocycles. The largest absolute Gasteiger partial charge is 0.392 e. The van der Waals surface area contributed by atoms with Crippen LogP contribution in [0.4, 0.5) is 0 Å². The van der Waals surface area contributed by atoms with Gasteiger partial charge in [0.1, 0.15) is 0 Å². The van der Waals surface area contributed by atoms with Gasteiger partial charge in [-0.1, -0.05) is 90.1 Å². The Morgan fingerprint density at radius 1 is 0.447 bits per heavy atom. The molecule has 2 heterocycles. The third kappa shape index (κ3) is 15.0. The number of benzene rings is 2. The first-order valence-corrected chi connectivity index (χ1v) is 14.7. The Hall–Kier alpha value is -1.80. The minimum absolute atomic E-state index is 0.134. The summed E-state index contributed by atoms with van der Waals surface area (Å²) >= 11 is 0. The maximum absolute atomic E-state index is 8.96. The molecule has 2 aromatic carbocycles. The average Bonchev–Trinajstić information content (AvgIpc) is 3.00. The SMILES string of the molecule is CC.CC.CC.CN1CCN(Cc2ccc(CO)cc2)CC1.CN1CCN(Cc2ccc(CO)cc2)CC1. The summed E-state index contributed by atoms with van der Waals surface area (Å²) in [6.45, 7) is 23.6. The van der Waals surface area contributed by atoms with Crippen LogP contribution in [-0.2, 0) is 26.3 Å². The van der Waals surface area contributed by atoms with Crippen LogP contribution in [0.5, 0.6) is 0 Å². The lowest BCUT2D eigenvalue weighted by Gasteiger charge is -2.32. The Morgan fingerprint density at radius 2 is 0.684 bits per heavy atom. The summed E-state index contributed by atoms with van der Waals surface area (Å²) in [5.74, 6) is 0. The summed E-state index contributed by atoms with van der Waals surface area (Å²) in [5.41, 5.74) is 4.65. The van der Waals surface area contributed by atoms with Crippen molar-refractivity contribution in [2.75, 3.05) is 66.5 Å². The number of piperazine rings is 2. The third-order valence-corrected chi connectivity index (χ3v) is 6.42. The van der Waals surface area contributed by atoms with Crippen molar-refractivity contribution in [3.05, 3.63) is 70.8 Å². The summed E-state index contributed by atoms with van der Waals surface area (Å²) in [6, 6.07) is 16.5. The lowest BCUT2D eigenvalue weighted by Crippen LogP contribution is -2.43. The number of nitrogens with zero attached hydrogens (tertiary/aromatic N) is 4. The molecule has 218 valence electrons. The van der Waals surface area contributed by atoms with Gasteiger partial charge in [0.25, 0.3) is 0 Å². The van der Waals surface area contributed by atoms with Gasteiger partial charge in [0, 0.05) is 65.4 Å². The molecule has 2 N–H and O–H groups in total. The highest BCUT2D eigenvalue weighted by molar-refractivity contribution is 5.22. The van der Waals surface area contributed by atoms with E-state index < -0.39 is 0 Å². The number of hydrogen-bond donors (Lipinski definition) is 2. The van der Waals surface area contributed by atoms with Gasteiger partial charge >= 0.3 is 0 Å². The standard InChI is InChI=1S/2C13H20N2O.3C2H6/c2*1-14-6-8-15(9-7-14)10-12-2-4-13(11-16)5-3-12;3*1-2/h2*2-5,16H,6-11H2,1H3;3*1-2H3. The molecule has 0 saturated carbocycles. The lowest BCUT2D eigenvalue weighted by molar-refractivity contribution is 0.148. The van der Waals surface area contributed by atoms with E-state index in [9.17, 15) is 0 Å². The van der Waals surface area contributed by atoms with Gasteiger partial charge in [0.05, 0.1) is 13.2 Å². The monoisotopic (exact) mass is 530 g/mol. The highest BCUT2D eigenvalue weighted by atomic mass is 16.3. The molecule has 0 radical (unpaired) electrons. The van der Waals surface area contributed by atoms with Crippen LogP contribution in [0.15, 0.2) is 48.5 Å². The molecular formula is C32H58N4O2. The van der Waals surface area contributed by atoms with Gasteiger partial charge in [-0.05, 0) is 36.3 Å². The summed E-state index contributed by atoms with van der Waals surface area (Å²) < 4.78 is 0. The van der Waals surface area contributed by atoms with E-state index in [0.29, 0.717) is 0 Å². The molecule has 0 unspecified atom stereocenters. The van der Waals surface area contributed by atoms with Crippen molar-refractivity contribution >= 4 is 0 Å². The van der Waals surface area contributed by atoms with Crippen molar-refractivity contribution in [2.45, 2.75) is 67.8 Å². The molecule has 2 fully saturated rings. The van der Waals surface area contributed by atoms with E-state index in [1.54, 1.807) is 0 Å². The van der Waals surface area contributed by atoms with Crippen LogP contribution < -0.4 is 0 Å². The Balaban J connectivity index is 0.000000603. The van der Waals surface area contributed by atoms with Crippen LogP contribution in [0.2, 0.25) is 0 Å². The molecule has 0 aromatic heterocycles. The maximum Gasteiger partial charge on any atom is 0.0681 e. The third-order valence-electron chi connectivity index (χ3n) is 6.42. The van der Waals surface area contributed by atoms with Gasteiger partial charge in [-0.3, -0.25) is 9.80 Å². The first kappa shape index (κ1) is 36.2. The summed E-state index contributed by atoms with van der Waals surface area (Å²) in [5, 5.41) is 17.9. The smallest absolute Gasteiger partial charge is 0.0681 e. The maximum atomic E-state index is 8.96. The zero-order valence-corrected chi connectivity index (χ0v) is 25.8. The predicted molar refractivity (Wildman–Crippen MR) is 164 cm³/mol. The molecular weight excluding hydrogens is 472 g/mol. The number of aliphatic hydroxyl groups excluding tert-OH is 2. The molecule has 0 atom stereocenters. The predicted octanol–water partition coefficient (Wildman–Crippen LogP) is 4.93. The van der Waals surface area contributed by atoms with E-state index in [4.69, 9.17) is 10.2 Å². The second-order valence-electron chi connectivity index (χ2n) is 9.11. The Labute approximate surface area is 234 Å². The first-order valence-electron chi connectivity index (χ1n) is 14.7. The molecule has 6 nitrogen and oxygen atoms in total. The summed E-state index contributed by atoms with van der Waals surface area (Å²) in [6.07, 6.45) is 0. The molecule has 38 heavy (non-hydrogen) atoms.